The van der Waals surface area contributed by atoms with Crippen LogP contribution in [0.4, 0.5) is 5.69 Å². The van der Waals surface area contributed by atoms with E-state index < -0.39 is 0 Å². The van der Waals surface area contributed by atoms with Gasteiger partial charge in [-0.2, -0.15) is 0 Å². The summed E-state index contributed by atoms with van der Waals surface area (Å²) >= 11 is 1.72. The summed E-state index contributed by atoms with van der Waals surface area (Å²) in [5.74, 6) is 0.888. The number of nitrogens with zero attached hydrogens (tertiary/aromatic N) is 2. The summed E-state index contributed by atoms with van der Waals surface area (Å²) in [6.45, 7) is 0. The van der Waals surface area contributed by atoms with Gasteiger partial charge < -0.3 is 5.73 Å². The second-order valence-corrected chi connectivity index (χ2v) is 5.25. The third-order valence-corrected chi connectivity index (χ3v) is 4.03. The minimum absolute atomic E-state index is 0.731. The monoisotopic (exact) mass is 267 g/mol. The maximum Gasteiger partial charge on any atom is 0.0702 e. The van der Waals surface area contributed by atoms with Gasteiger partial charge in [-0.3, -0.25) is 9.97 Å². The van der Waals surface area contributed by atoms with Crippen LogP contribution in [0, 0.1) is 0 Å². The predicted molar refractivity (Wildman–Crippen MR) is 80.0 cm³/mol. The smallest absolute Gasteiger partial charge is 0.0702 e. The topological polar surface area (TPSA) is 51.8 Å². The maximum absolute atomic E-state index is 5.88. The lowest BCUT2D eigenvalue weighted by Crippen LogP contribution is -1.90. The molecule has 2 N–H and O–H groups in total. The second kappa shape index (κ2) is 5.28. The van der Waals surface area contributed by atoms with Crippen LogP contribution in [-0.4, -0.2) is 9.97 Å². The summed E-state index contributed by atoms with van der Waals surface area (Å²) in [4.78, 5) is 9.38. The Kier molecular flexibility index (Phi) is 3.33. The summed E-state index contributed by atoms with van der Waals surface area (Å²) < 4.78 is 0. The van der Waals surface area contributed by atoms with Crippen LogP contribution >= 0.6 is 11.8 Å². The number of thioether (sulfide) groups is 1. The van der Waals surface area contributed by atoms with Crippen LogP contribution in [0.5, 0.6) is 0 Å². The van der Waals surface area contributed by atoms with E-state index in [1.54, 1.807) is 24.2 Å². The first-order valence-electron chi connectivity index (χ1n) is 5.99. The molecule has 0 aliphatic rings. The molecule has 1 aromatic carbocycles. The molecule has 94 valence electrons. The fourth-order valence-corrected chi connectivity index (χ4v) is 2.78. The summed E-state index contributed by atoms with van der Waals surface area (Å²) in [7, 11) is 0. The van der Waals surface area contributed by atoms with Crippen molar-refractivity contribution in [1.29, 1.82) is 0 Å². The Morgan fingerprint density at radius 2 is 2.05 bits per heavy atom. The molecule has 0 saturated carbocycles. The van der Waals surface area contributed by atoms with Crippen molar-refractivity contribution in [2.75, 3.05) is 5.73 Å². The number of pyridine rings is 2. The summed E-state index contributed by atoms with van der Waals surface area (Å²) in [5, 5.41) is 1.17. The molecule has 0 aliphatic carbocycles. The van der Waals surface area contributed by atoms with Crippen LogP contribution in [0.25, 0.3) is 10.9 Å². The molecular weight excluding hydrogens is 254 g/mol. The SMILES string of the molecule is Nc1cnccc1SCc1ccc2ncccc2c1. The molecule has 0 unspecified atom stereocenters. The van der Waals surface area contributed by atoms with Gasteiger partial charge in [0.25, 0.3) is 0 Å². The number of nitrogens with two attached hydrogens (primary N) is 1. The van der Waals surface area contributed by atoms with Crippen LogP contribution in [-0.2, 0) is 5.75 Å². The molecule has 3 rings (SSSR count). The molecule has 0 amide bonds. The van der Waals surface area contributed by atoms with E-state index in [1.165, 1.54) is 10.9 Å². The van der Waals surface area contributed by atoms with Gasteiger partial charge in [0.05, 0.1) is 17.4 Å². The third-order valence-electron chi connectivity index (χ3n) is 2.87. The third kappa shape index (κ3) is 2.69. The number of anilines is 1. The molecule has 0 aliphatic heterocycles. The standard InChI is InChI=1S/C15H13N3S/c16-13-9-17-7-5-15(13)19-10-11-3-4-14-12(8-11)2-1-6-18-14/h1-9H,10,16H2. The largest absolute Gasteiger partial charge is 0.397 e. The van der Waals surface area contributed by atoms with Gasteiger partial charge in [0.15, 0.2) is 0 Å². The van der Waals surface area contributed by atoms with Gasteiger partial charge >= 0.3 is 0 Å². The Bertz CT molecular complexity index is 712. The van der Waals surface area contributed by atoms with E-state index in [4.69, 9.17) is 5.73 Å². The second-order valence-electron chi connectivity index (χ2n) is 4.23. The zero-order valence-corrected chi connectivity index (χ0v) is 11.1. The van der Waals surface area contributed by atoms with E-state index in [0.717, 1.165) is 21.9 Å². The molecule has 4 heteroatoms. The highest BCUT2D eigenvalue weighted by Gasteiger charge is 2.01. The number of fused-ring (bicyclic) bond motifs is 1. The molecule has 0 saturated heterocycles. The van der Waals surface area contributed by atoms with Crippen LogP contribution in [0.3, 0.4) is 0 Å². The molecule has 3 nitrogen and oxygen atoms in total. The van der Waals surface area contributed by atoms with Crippen LogP contribution < -0.4 is 5.73 Å². The van der Waals surface area contributed by atoms with Crippen molar-refractivity contribution in [3.05, 3.63) is 60.6 Å². The van der Waals surface area contributed by atoms with E-state index in [9.17, 15) is 0 Å². The minimum Gasteiger partial charge on any atom is -0.397 e. The van der Waals surface area contributed by atoms with Gasteiger partial charge in [0, 0.05) is 28.4 Å². The van der Waals surface area contributed by atoms with Crippen molar-refractivity contribution in [2.24, 2.45) is 0 Å². The van der Waals surface area contributed by atoms with E-state index in [1.807, 2.05) is 18.3 Å². The molecule has 2 aromatic heterocycles. The Hall–Kier alpha value is -2.07. The average Bonchev–Trinajstić information content (AvgIpc) is 2.46. The van der Waals surface area contributed by atoms with Crippen molar-refractivity contribution in [3.8, 4) is 0 Å². The first-order valence-corrected chi connectivity index (χ1v) is 6.97. The molecule has 2 heterocycles. The van der Waals surface area contributed by atoms with Crippen LogP contribution in [0.1, 0.15) is 5.56 Å². The molecule has 0 radical (unpaired) electrons. The van der Waals surface area contributed by atoms with Gasteiger partial charge in [-0.1, -0.05) is 12.1 Å². The fourth-order valence-electron chi connectivity index (χ4n) is 1.90. The van der Waals surface area contributed by atoms with Crippen molar-refractivity contribution in [3.63, 3.8) is 0 Å². The number of nitrogen functional groups attached to an aromatic ring is 1. The number of rotatable bonds is 3. The first kappa shape index (κ1) is 12.0. The predicted octanol–water partition coefficient (Wildman–Crippen LogP) is 3.50. The van der Waals surface area contributed by atoms with Crippen LogP contribution in [0.15, 0.2) is 59.9 Å². The highest BCUT2D eigenvalue weighted by atomic mass is 32.2. The lowest BCUT2D eigenvalue weighted by atomic mass is 10.1. The Labute approximate surface area is 115 Å². The summed E-state index contributed by atoms with van der Waals surface area (Å²) in [6, 6.07) is 12.3. The summed E-state index contributed by atoms with van der Waals surface area (Å²) in [5.41, 5.74) is 8.91. The number of hydrogen-bond acceptors (Lipinski definition) is 4. The Morgan fingerprint density at radius 3 is 2.95 bits per heavy atom. The van der Waals surface area contributed by atoms with Gasteiger partial charge in [-0.05, 0) is 29.8 Å². The van der Waals surface area contributed by atoms with E-state index >= 15 is 0 Å². The number of benzene rings is 1. The normalized spacial score (nSPS) is 10.7. The quantitative estimate of drug-likeness (QED) is 0.738. The van der Waals surface area contributed by atoms with E-state index in [2.05, 4.69) is 34.2 Å². The molecule has 0 bridgehead atoms. The zero-order chi connectivity index (χ0) is 13.1. The minimum atomic E-state index is 0.731. The van der Waals surface area contributed by atoms with E-state index in [-0.39, 0.29) is 0 Å². The molecule has 0 fully saturated rings. The average molecular weight is 267 g/mol. The molecular formula is C15H13N3S. The van der Waals surface area contributed by atoms with Gasteiger partial charge in [0.2, 0.25) is 0 Å². The fraction of sp³-hybridized carbons (Fsp3) is 0.0667. The zero-order valence-electron chi connectivity index (χ0n) is 10.3. The maximum atomic E-state index is 5.88. The molecule has 0 spiro atoms. The molecule has 19 heavy (non-hydrogen) atoms. The Morgan fingerprint density at radius 1 is 1.11 bits per heavy atom. The van der Waals surface area contributed by atoms with Gasteiger partial charge in [-0.15, -0.1) is 11.8 Å². The van der Waals surface area contributed by atoms with Crippen molar-refractivity contribution in [2.45, 2.75) is 10.6 Å². The number of hydrogen-bond donors (Lipinski definition) is 1. The first-order chi connectivity index (χ1) is 9.33. The highest BCUT2D eigenvalue weighted by Crippen LogP contribution is 2.27. The van der Waals surface area contributed by atoms with Crippen molar-refractivity contribution < 1.29 is 0 Å². The van der Waals surface area contributed by atoms with E-state index in [0.29, 0.717) is 0 Å². The Balaban J connectivity index is 1.80. The number of aromatic nitrogens is 2. The van der Waals surface area contributed by atoms with Crippen LogP contribution in [0.2, 0.25) is 0 Å². The molecule has 0 atom stereocenters. The lowest BCUT2D eigenvalue weighted by Gasteiger charge is -2.05. The van der Waals surface area contributed by atoms with Crippen molar-refractivity contribution >= 4 is 28.4 Å². The molecule has 3 aromatic rings. The lowest BCUT2D eigenvalue weighted by molar-refractivity contribution is 1.26. The van der Waals surface area contributed by atoms with Crippen molar-refractivity contribution in [1.82, 2.24) is 9.97 Å². The highest BCUT2D eigenvalue weighted by molar-refractivity contribution is 7.98. The van der Waals surface area contributed by atoms with Gasteiger partial charge in [0.1, 0.15) is 0 Å². The van der Waals surface area contributed by atoms with Gasteiger partial charge in [-0.25, -0.2) is 0 Å². The summed E-state index contributed by atoms with van der Waals surface area (Å²) in [6.07, 6.45) is 5.27.